The van der Waals surface area contributed by atoms with Crippen molar-refractivity contribution in [3.63, 3.8) is 0 Å². The molecule has 4 heterocycles. The summed E-state index contributed by atoms with van der Waals surface area (Å²) < 4.78 is 1.81. The van der Waals surface area contributed by atoms with Gasteiger partial charge in [-0.05, 0) is 43.5 Å². The van der Waals surface area contributed by atoms with E-state index in [1.807, 2.05) is 27.6 Å². The van der Waals surface area contributed by atoms with Gasteiger partial charge in [0.2, 0.25) is 5.91 Å². The Hall–Kier alpha value is -3.16. The van der Waals surface area contributed by atoms with Crippen molar-refractivity contribution in [3.05, 3.63) is 48.3 Å². The van der Waals surface area contributed by atoms with Gasteiger partial charge in [-0.3, -0.25) is 4.79 Å². The molecule has 2 aromatic heterocycles. The van der Waals surface area contributed by atoms with E-state index in [0.29, 0.717) is 12.8 Å². The van der Waals surface area contributed by atoms with Crippen LogP contribution in [-0.2, 0) is 11.2 Å². The monoisotopic (exact) mass is 419 g/mol. The third-order valence-corrected chi connectivity index (χ3v) is 6.31. The van der Waals surface area contributed by atoms with Crippen LogP contribution in [-0.4, -0.2) is 69.9 Å². The number of anilines is 2. The quantitative estimate of drug-likeness (QED) is 0.633. The van der Waals surface area contributed by atoms with Gasteiger partial charge in [0.05, 0.1) is 0 Å². The zero-order valence-corrected chi connectivity index (χ0v) is 17.9. The van der Waals surface area contributed by atoms with Gasteiger partial charge < -0.3 is 14.7 Å². The number of aromatic nitrogens is 4. The molecular formula is C23H29N7O. The molecule has 2 saturated heterocycles. The molecule has 1 aromatic carbocycles. The zero-order chi connectivity index (χ0) is 21.0. The van der Waals surface area contributed by atoms with Gasteiger partial charge in [0.25, 0.3) is 0 Å². The van der Waals surface area contributed by atoms with Crippen LogP contribution >= 0.6 is 0 Å². The number of piperazine rings is 1. The lowest BCUT2D eigenvalue weighted by Crippen LogP contribution is -2.48. The minimum Gasteiger partial charge on any atom is -0.368 e. The van der Waals surface area contributed by atoms with Crippen molar-refractivity contribution in [1.82, 2.24) is 24.7 Å². The number of nitrogens with zero attached hydrogens (tertiary/aromatic N) is 7. The highest BCUT2D eigenvalue weighted by Gasteiger charge is 2.22. The van der Waals surface area contributed by atoms with Gasteiger partial charge in [0.1, 0.15) is 5.82 Å². The summed E-state index contributed by atoms with van der Waals surface area (Å²) in [6.07, 6.45) is 4.69. The Morgan fingerprint density at radius 3 is 2.35 bits per heavy atom. The van der Waals surface area contributed by atoms with E-state index in [-0.39, 0.29) is 5.91 Å². The first-order valence-electron chi connectivity index (χ1n) is 11.3. The molecule has 162 valence electrons. The van der Waals surface area contributed by atoms with Crippen molar-refractivity contribution in [2.75, 3.05) is 49.1 Å². The molecule has 8 heteroatoms. The van der Waals surface area contributed by atoms with Crippen molar-refractivity contribution in [2.24, 2.45) is 0 Å². The molecule has 0 radical (unpaired) electrons. The Kier molecular flexibility index (Phi) is 5.69. The molecule has 2 aliphatic heterocycles. The molecule has 0 N–H and O–H groups in total. The van der Waals surface area contributed by atoms with E-state index in [9.17, 15) is 4.79 Å². The van der Waals surface area contributed by atoms with Crippen LogP contribution in [0.4, 0.5) is 11.5 Å². The molecule has 0 bridgehead atoms. The molecule has 0 spiro atoms. The number of piperidine rings is 1. The zero-order valence-electron chi connectivity index (χ0n) is 17.9. The summed E-state index contributed by atoms with van der Waals surface area (Å²) in [5.41, 5.74) is 1.96. The molecule has 8 nitrogen and oxygen atoms in total. The summed E-state index contributed by atoms with van der Waals surface area (Å²) in [6, 6.07) is 14.4. The van der Waals surface area contributed by atoms with Gasteiger partial charge in [-0.1, -0.05) is 18.2 Å². The van der Waals surface area contributed by atoms with Gasteiger partial charge in [0, 0.05) is 57.8 Å². The fourth-order valence-corrected chi connectivity index (χ4v) is 4.50. The Morgan fingerprint density at radius 2 is 1.58 bits per heavy atom. The topological polar surface area (TPSA) is 69.9 Å². The Morgan fingerprint density at radius 1 is 0.806 bits per heavy atom. The standard InChI is InChI=1S/C23H29N7O/c31-23(29-17-15-27(16-18-29)19-7-3-1-4-8-19)12-11-21-25-24-20-9-10-22(26-30(20)21)28-13-5-2-6-14-28/h1,3-4,7-10H,2,5-6,11-18H2. The van der Waals surface area contributed by atoms with Crippen LogP contribution in [0.1, 0.15) is 31.5 Å². The predicted molar refractivity (Wildman–Crippen MR) is 120 cm³/mol. The van der Waals surface area contributed by atoms with E-state index in [1.165, 1.54) is 24.9 Å². The van der Waals surface area contributed by atoms with Crippen LogP contribution < -0.4 is 9.80 Å². The van der Waals surface area contributed by atoms with Crippen LogP contribution in [0, 0.1) is 0 Å². The number of amides is 1. The second-order valence-electron chi connectivity index (χ2n) is 8.33. The minimum absolute atomic E-state index is 0.177. The third kappa shape index (κ3) is 4.33. The molecule has 1 amide bonds. The maximum atomic E-state index is 12.8. The van der Waals surface area contributed by atoms with Gasteiger partial charge in [0.15, 0.2) is 11.5 Å². The van der Waals surface area contributed by atoms with E-state index in [0.717, 1.165) is 56.6 Å². The first-order chi connectivity index (χ1) is 15.3. The van der Waals surface area contributed by atoms with E-state index >= 15 is 0 Å². The van der Waals surface area contributed by atoms with Crippen molar-refractivity contribution < 1.29 is 4.79 Å². The van der Waals surface area contributed by atoms with Crippen molar-refractivity contribution in [1.29, 1.82) is 0 Å². The van der Waals surface area contributed by atoms with Crippen LogP contribution in [0.5, 0.6) is 0 Å². The highest BCUT2D eigenvalue weighted by Crippen LogP contribution is 2.19. The second kappa shape index (κ2) is 8.91. The molecule has 5 rings (SSSR count). The van der Waals surface area contributed by atoms with Crippen LogP contribution in [0.2, 0.25) is 0 Å². The SMILES string of the molecule is O=C(CCc1nnc2ccc(N3CCCCC3)nn12)N1CCN(c2ccccc2)CC1. The average Bonchev–Trinajstić information content (AvgIpc) is 3.26. The number of benzene rings is 1. The van der Waals surface area contributed by atoms with Crippen molar-refractivity contribution >= 4 is 23.1 Å². The molecule has 0 aliphatic carbocycles. The first kappa shape index (κ1) is 19.8. The molecule has 3 aromatic rings. The van der Waals surface area contributed by atoms with E-state index < -0.39 is 0 Å². The predicted octanol–water partition coefficient (Wildman–Crippen LogP) is 2.40. The van der Waals surface area contributed by atoms with Gasteiger partial charge in [-0.2, -0.15) is 4.52 Å². The lowest BCUT2D eigenvalue weighted by Gasteiger charge is -2.36. The van der Waals surface area contributed by atoms with Crippen LogP contribution in [0.3, 0.4) is 0 Å². The maximum Gasteiger partial charge on any atom is 0.223 e. The third-order valence-electron chi connectivity index (χ3n) is 6.31. The molecule has 0 unspecified atom stereocenters. The number of hydrogen-bond acceptors (Lipinski definition) is 6. The highest BCUT2D eigenvalue weighted by atomic mass is 16.2. The molecule has 2 aliphatic rings. The lowest BCUT2D eigenvalue weighted by atomic mass is 10.1. The molecule has 31 heavy (non-hydrogen) atoms. The summed E-state index contributed by atoms with van der Waals surface area (Å²) in [7, 11) is 0. The number of carbonyl (C=O) groups is 1. The Balaban J connectivity index is 1.19. The average molecular weight is 420 g/mol. The smallest absolute Gasteiger partial charge is 0.223 e. The van der Waals surface area contributed by atoms with Gasteiger partial charge in [-0.15, -0.1) is 15.3 Å². The van der Waals surface area contributed by atoms with E-state index in [2.05, 4.69) is 44.3 Å². The molecule has 0 saturated carbocycles. The molecule has 2 fully saturated rings. The van der Waals surface area contributed by atoms with Gasteiger partial charge >= 0.3 is 0 Å². The first-order valence-corrected chi connectivity index (χ1v) is 11.3. The number of aryl methyl sites for hydroxylation is 1. The largest absolute Gasteiger partial charge is 0.368 e. The summed E-state index contributed by atoms with van der Waals surface area (Å²) >= 11 is 0. The summed E-state index contributed by atoms with van der Waals surface area (Å²) in [6.45, 7) is 5.33. The van der Waals surface area contributed by atoms with E-state index in [4.69, 9.17) is 5.10 Å². The summed E-state index contributed by atoms with van der Waals surface area (Å²) in [5.74, 6) is 1.90. The number of carbonyl (C=O) groups excluding carboxylic acids is 1. The number of fused-ring (bicyclic) bond motifs is 1. The van der Waals surface area contributed by atoms with Crippen LogP contribution in [0.15, 0.2) is 42.5 Å². The second-order valence-corrected chi connectivity index (χ2v) is 8.33. The highest BCUT2D eigenvalue weighted by molar-refractivity contribution is 5.76. The number of para-hydroxylation sites is 1. The minimum atomic E-state index is 0.177. The number of rotatable bonds is 5. The summed E-state index contributed by atoms with van der Waals surface area (Å²) in [5, 5.41) is 13.3. The number of hydrogen-bond donors (Lipinski definition) is 0. The fourth-order valence-electron chi connectivity index (χ4n) is 4.50. The van der Waals surface area contributed by atoms with E-state index in [1.54, 1.807) is 0 Å². The lowest BCUT2D eigenvalue weighted by molar-refractivity contribution is -0.131. The van der Waals surface area contributed by atoms with Crippen molar-refractivity contribution in [3.8, 4) is 0 Å². The summed E-state index contributed by atoms with van der Waals surface area (Å²) in [4.78, 5) is 19.4. The Bertz CT molecular complexity index is 1020. The van der Waals surface area contributed by atoms with Crippen molar-refractivity contribution in [2.45, 2.75) is 32.1 Å². The van der Waals surface area contributed by atoms with Crippen LogP contribution in [0.25, 0.3) is 5.65 Å². The molecular weight excluding hydrogens is 390 g/mol. The van der Waals surface area contributed by atoms with Gasteiger partial charge in [-0.25, -0.2) is 0 Å². The normalized spacial score (nSPS) is 17.4. The fraction of sp³-hybridized carbons (Fsp3) is 0.478. The molecule has 0 atom stereocenters. The maximum absolute atomic E-state index is 12.8. The Labute approximate surface area is 182 Å².